The van der Waals surface area contributed by atoms with Crippen molar-refractivity contribution in [1.29, 1.82) is 0 Å². The van der Waals surface area contributed by atoms with Crippen LogP contribution in [0, 0.1) is 18.7 Å². The number of amides is 1. The molecule has 0 saturated heterocycles. The maximum Gasteiger partial charge on any atom is 0.356 e. The molecule has 0 spiro atoms. The SMILES string of the molecule is Cc1cc(CC(=O)N2CCc3c(c(C(=O)O)nn3CC3CC3)C2)ccc1F. The molecule has 0 radical (unpaired) electrons. The Morgan fingerprint density at radius 3 is 2.78 bits per heavy atom. The van der Waals surface area contributed by atoms with E-state index in [0.29, 0.717) is 30.0 Å². The van der Waals surface area contributed by atoms with Gasteiger partial charge < -0.3 is 10.0 Å². The number of carboxylic acid groups (broad SMARTS) is 1. The van der Waals surface area contributed by atoms with Crippen LogP contribution in [0.25, 0.3) is 0 Å². The van der Waals surface area contributed by atoms with Crippen LogP contribution >= 0.6 is 0 Å². The van der Waals surface area contributed by atoms with E-state index in [1.54, 1.807) is 24.0 Å². The second-order valence-corrected chi connectivity index (χ2v) is 7.53. The minimum absolute atomic E-state index is 0.0563. The lowest BCUT2D eigenvalue weighted by Gasteiger charge is -2.28. The molecule has 1 aromatic carbocycles. The van der Waals surface area contributed by atoms with E-state index in [2.05, 4.69) is 5.10 Å². The van der Waals surface area contributed by atoms with E-state index >= 15 is 0 Å². The Balaban J connectivity index is 1.53. The number of aryl methyl sites for hydroxylation is 1. The smallest absolute Gasteiger partial charge is 0.356 e. The van der Waals surface area contributed by atoms with Crippen LogP contribution in [0.4, 0.5) is 4.39 Å². The number of carboxylic acids is 1. The van der Waals surface area contributed by atoms with E-state index in [9.17, 15) is 19.1 Å². The molecule has 1 aliphatic carbocycles. The van der Waals surface area contributed by atoms with E-state index in [1.807, 2.05) is 4.68 Å². The first kappa shape index (κ1) is 17.7. The van der Waals surface area contributed by atoms with Gasteiger partial charge >= 0.3 is 5.97 Å². The standard InChI is InChI=1S/C20H22FN3O3/c1-12-8-14(4-5-16(12)21)9-18(25)23-7-6-17-15(11-23)19(20(26)27)22-24(17)10-13-2-3-13/h4-5,8,13H,2-3,6-7,9-11H2,1H3,(H,26,27). The monoisotopic (exact) mass is 371 g/mol. The van der Waals surface area contributed by atoms with E-state index in [1.165, 1.54) is 18.9 Å². The predicted molar refractivity (Wildman–Crippen MR) is 95.9 cm³/mol. The number of carbonyl (C=O) groups excluding carboxylic acids is 1. The van der Waals surface area contributed by atoms with E-state index in [-0.39, 0.29) is 30.4 Å². The average Bonchev–Trinajstić information content (AvgIpc) is 3.37. The topological polar surface area (TPSA) is 75.4 Å². The van der Waals surface area contributed by atoms with Gasteiger partial charge in [-0.2, -0.15) is 5.10 Å². The molecule has 2 aliphatic rings. The summed E-state index contributed by atoms with van der Waals surface area (Å²) in [6.07, 6.45) is 3.11. The van der Waals surface area contributed by atoms with Gasteiger partial charge in [0.05, 0.1) is 6.42 Å². The lowest BCUT2D eigenvalue weighted by molar-refractivity contribution is -0.131. The lowest BCUT2D eigenvalue weighted by Crippen LogP contribution is -2.37. The molecule has 1 N–H and O–H groups in total. The number of hydrogen-bond acceptors (Lipinski definition) is 3. The summed E-state index contributed by atoms with van der Waals surface area (Å²) in [5, 5.41) is 13.8. The van der Waals surface area contributed by atoms with E-state index in [0.717, 1.165) is 17.8 Å². The number of hydrogen-bond donors (Lipinski definition) is 1. The second-order valence-electron chi connectivity index (χ2n) is 7.53. The Labute approximate surface area is 156 Å². The molecule has 6 nitrogen and oxygen atoms in total. The molecule has 0 atom stereocenters. The van der Waals surface area contributed by atoms with Crippen molar-refractivity contribution >= 4 is 11.9 Å². The summed E-state index contributed by atoms with van der Waals surface area (Å²) in [6, 6.07) is 4.67. The summed E-state index contributed by atoms with van der Waals surface area (Å²) in [6.45, 7) is 3.24. The number of nitrogens with zero attached hydrogens (tertiary/aromatic N) is 3. The Kier molecular flexibility index (Phi) is 4.45. The van der Waals surface area contributed by atoms with Gasteiger partial charge in [-0.25, -0.2) is 9.18 Å². The highest BCUT2D eigenvalue weighted by atomic mass is 19.1. The van der Waals surface area contributed by atoms with Gasteiger partial charge in [-0.1, -0.05) is 12.1 Å². The van der Waals surface area contributed by atoms with Crippen LogP contribution in [-0.2, 0) is 30.7 Å². The van der Waals surface area contributed by atoms with Crippen LogP contribution in [0.3, 0.4) is 0 Å². The summed E-state index contributed by atoms with van der Waals surface area (Å²) in [7, 11) is 0. The highest BCUT2D eigenvalue weighted by Crippen LogP contribution is 2.32. The minimum Gasteiger partial charge on any atom is -0.476 e. The maximum absolute atomic E-state index is 13.4. The lowest BCUT2D eigenvalue weighted by atomic mass is 10.0. The molecule has 1 saturated carbocycles. The molecule has 1 fully saturated rings. The van der Waals surface area contributed by atoms with Crippen molar-refractivity contribution in [2.45, 2.75) is 45.7 Å². The molecule has 7 heteroatoms. The van der Waals surface area contributed by atoms with Crippen molar-refractivity contribution < 1.29 is 19.1 Å². The van der Waals surface area contributed by atoms with Crippen LogP contribution in [0.5, 0.6) is 0 Å². The Morgan fingerprint density at radius 2 is 2.11 bits per heavy atom. The normalized spacial score (nSPS) is 16.3. The van der Waals surface area contributed by atoms with Gasteiger partial charge in [0, 0.05) is 37.3 Å². The van der Waals surface area contributed by atoms with Gasteiger partial charge in [-0.15, -0.1) is 0 Å². The number of aromatic nitrogens is 2. The molecule has 1 aliphatic heterocycles. The zero-order valence-electron chi connectivity index (χ0n) is 15.2. The Bertz CT molecular complexity index is 917. The van der Waals surface area contributed by atoms with Gasteiger partial charge in [0.2, 0.25) is 5.91 Å². The van der Waals surface area contributed by atoms with Crippen LogP contribution < -0.4 is 0 Å². The number of fused-ring (bicyclic) bond motifs is 1. The first-order chi connectivity index (χ1) is 12.9. The highest BCUT2D eigenvalue weighted by Gasteiger charge is 2.32. The van der Waals surface area contributed by atoms with Crippen LogP contribution in [0.2, 0.25) is 0 Å². The van der Waals surface area contributed by atoms with Gasteiger partial charge in [0.1, 0.15) is 5.82 Å². The fraction of sp³-hybridized carbons (Fsp3) is 0.450. The average molecular weight is 371 g/mol. The van der Waals surface area contributed by atoms with Gasteiger partial charge in [0.25, 0.3) is 0 Å². The largest absolute Gasteiger partial charge is 0.476 e. The third-order valence-electron chi connectivity index (χ3n) is 5.40. The predicted octanol–water partition coefficient (Wildman–Crippen LogP) is 2.57. The summed E-state index contributed by atoms with van der Waals surface area (Å²) in [4.78, 5) is 26.0. The molecule has 2 aromatic rings. The molecular formula is C20H22FN3O3. The molecule has 0 unspecified atom stereocenters. The zero-order valence-corrected chi connectivity index (χ0v) is 15.2. The summed E-state index contributed by atoms with van der Waals surface area (Å²) in [5.74, 6) is -0.831. The number of rotatable bonds is 5. The van der Waals surface area contributed by atoms with Crippen molar-refractivity contribution in [3.05, 3.63) is 52.1 Å². The minimum atomic E-state index is -1.05. The van der Waals surface area contributed by atoms with Gasteiger partial charge in [-0.3, -0.25) is 9.48 Å². The van der Waals surface area contributed by atoms with Gasteiger partial charge in [0.15, 0.2) is 5.69 Å². The van der Waals surface area contributed by atoms with E-state index in [4.69, 9.17) is 0 Å². The van der Waals surface area contributed by atoms with Crippen molar-refractivity contribution in [3.63, 3.8) is 0 Å². The number of carbonyl (C=O) groups is 2. The van der Waals surface area contributed by atoms with Crippen LogP contribution in [0.1, 0.15) is 45.7 Å². The van der Waals surface area contributed by atoms with Crippen molar-refractivity contribution in [1.82, 2.24) is 14.7 Å². The number of benzene rings is 1. The Morgan fingerprint density at radius 1 is 1.33 bits per heavy atom. The molecular weight excluding hydrogens is 349 g/mol. The maximum atomic E-state index is 13.4. The quantitative estimate of drug-likeness (QED) is 0.877. The fourth-order valence-corrected chi connectivity index (χ4v) is 3.67. The summed E-state index contributed by atoms with van der Waals surface area (Å²) in [5.41, 5.74) is 2.92. The third kappa shape index (κ3) is 3.59. The molecule has 0 bridgehead atoms. The first-order valence-corrected chi connectivity index (χ1v) is 9.27. The number of aromatic carboxylic acids is 1. The highest BCUT2D eigenvalue weighted by molar-refractivity contribution is 5.88. The number of halogens is 1. The molecule has 142 valence electrons. The molecule has 27 heavy (non-hydrogen) atoms. The third-order valence-corrected chi connectivity index (χ3v) is 5.40. The fourth-order valence-electron chi connectivity index (χ4n) is 3.67. The second kappa shape index (κ2) is 6.79. The Hall–Kier alpha value is -2.70. The summed E-state index contributed by atoms with van der Waals surface area (Å²) >= 11 is 0. The summed E-state index contributed by atoms with van der Waals surface area (Å²) < 4.78 is 15.2. The van der Waals surface area contributed by atoms with Crippen LogP contribution in [-0.4, -0.2) is 38.2 Å². The zero-order chi connectivity index (χ0) is 19.1. The van der Waals surface area contributed by atoms with Crippen LogP contribution in [0.15, 0.2) is 18.2 Å². The molecule has 1 amide bonds. The molecule has 1 aromatic heterocycles. The van der Waals surface area contributed by atoms with E-state index < -0.39 is 5.97 Å². The van der Waals surface area contributed by atoms with Crippen molar-refractivity contribution in [2.75, 3.05) is 6.54 Å². The molecule has 4 rings (SSSR count). The van der Waals surface area contributed by atoms with Crippen molar-refractivity contribution in [3.8, 4) is 0 Å². The van der Waals surface area contributed by atoms with Crippen molar-refractivity contribution in [2.24, 2.45) is 5.92 Å². The van der Waals surface area contributed by atoms with Gasteiger partial charge in [-0.05, 0) is 42.9 Å². The first-order valence-electron chi connectivity index (χ1n) is 9.27. The molecule has 2 heterocycles.